The van der Waals surface area contributed by atoms with Gasteiger partial charge in [0, 0.05) is 25.6 Å². The highest BCUT2D eigenvalue weighted by Crippen LogP contribution is 2.17. The minimum absolute atomic E-state index is 0.0502. The number of aromatic nitrogens is 2. The predicted octanol–water partition coefficient (Wildman–Crippen LogP) is 1.19. The Morgan fingerprint density at radius 3 is 2.67 bits per heavy atom. The van der Waals surface area contributed by atoms with E-state index in [9.17, 15) is 9.59 Å². The summed E-state index contributed by atoms with van der Waals surface area (Å²) in [5.74, 6) is -0.109. The lowest BCUT2D eigenvalue weighted by molar-refractivity contribution is -0.129. The summed E-state index contributed by atoms with van der Waals surface area (Å²) in [5, 5.41) is 0.610. The van der Waals surface area contributed by atoms with Crippen LogP contribution in [-0.2, 0) is 18.4 Å². The first-order valence-electron chi connectivity index (χ1n) is 5.47. The van der Waals surface area contributed by atoms with Crippen LogP contribution >= 0.6 is 15.9 Å². The fourth-order valence-corrected chi connectivity index (χ4v) is 2.18. The van der Waals surface area contributed by atoms with Crippen LogP contribution in [0.25, 0.3) is 10.9 Å². The zero-order valence-electron chi connectivity index (χ0n) is 10.5. The Labute approximate surface area is 113 Å². The van der Waals surface area contributed by atoms with Gasteiger partial charge in [0.1, 0.15) is 6.54 Å². The molecule has 0 aliphatic rings. The lowest BCUT2D eigenvalue weighted by atomic mass is 10.2. The van der Waals surface area contributed by atoms with Crippen LogP contribution in [0, 0.1) is 0 Å². The SMILES string of the molecule is CN(C)C(=O)Cn1c(=O)c2cc(Br)ccc2n1C. The largest absolute Gasteiger partial charge is 0.347 e. The second-order valence-electron chi connectivity index (χ2n) is 4.34. The van der Waals surface area contributed by atoms with E-state index in [0.717, 1.165) is 9.99 Å². The van der Waals surface area contributed by atoms with Gasteiger partial charge in [0.2, 0.25) is 5.91 Å². The Hall–Kier alpha value is -1.56. The topological polar surface area (TPSA) is 47.2 Å². The van der Waals surface area contributed by atoms with Gasteiger partial charge in [-0.2, -0.15) is 0 Å². The van der Waals surface area contributed by atoms with Crippen molar-refractivity contribution in [1.29, 1.82) is 0 Å². The minimum atomic E-state index is -0.149. The van der Waals surface area contributed by atoms with Crippen LogP contribution in [-0.4, -0.2) is 34.3 Å². The van der Waals surface area contributed by atoms with E-state index in [2.05, 4.69) is 15.9 Å². The van der Waals surface area contributed by atoms with Gasteiger partial charge in [-0.1, -0.05) is 15.9 Å². The van der Waals surface area contributed by atoms with Crippen molar-refractivity contribution in [3.05, 3.63) is 33.0 Å². The Kier molecular flexibility index (Phi) is 3.30. The first kappa shape index (κ1) is 12.9. The van der Waals surface area contributed by atoms with Gasteiger partial charge in [-0.3, -0.25) is 14.3 Å². The summed E-state index contributed by atoms with van der Waals surface area (Å²) in [6, 6.07) is 5.51. The Morgan fingerprint density at radius 2 is 2.06 bits per heavy atom. The summed E-state index contributed by atoms with van der Waals surface area (Å²) < 4.78 is 4.01. The molecule has 0 aliphatic carbocycles. The van der Waals surface area contributed by atoms with Gasteiger partial charge in [0.25, 0.3) is 5.56 Å². The van der Waals surface area contributed by atoms with Crippen LogP contribution < -0.4 is 5.56 Å². The van der Waals surface area contributed by atoms with Crippen molar-refractivity contribution in [2.45, 2.75) is 6.54 Å². The maximum atomic E-state index is 12.2. The zero-order valence-corrected chi connectivity index (χ0v) is 12.1. The molecule has 1 aromatic heterocycles. The van der Waals surface area contributed by atoms with Crippen molar-refractivity contribution in [3.63, 3.8) is 0 Å². The fraction of sp³-hybridized carbons (Fsp3) is 0.333. The summed E-state index contributed by atoms with van der Waals surface area (Å²) >= 11 is 3.34. The van der Waals surface area contributed by atoms with E-state index in [-0.39, 0.29) is 18.0 Å². The summed E-state index contributed by atoms with van der Waals surface area (Å²) in [7, 11) is 5.12. The highest BCUT2D eigenvalue weighted by Gasteiger charge is 2.14. The third-order valence-corrected chi connectivity index (χ3v) is 3.41. The summed E-state index contributed by atoms with van der Waals surface area (Å²) in [5.41, 5.74) is 0.666. The minimum Gasteiger partial charge on any atom is -0.347 e. The summed E-state index contributed by atoms with van der Waals surface area (Å²) in [4.78, 5) is 25.4. The quantitative estimate of drug-likeness (QED) is 0.836. The molecule has 2 aromatic rings. The standard InChI is InChI=1S/C12H14BrN3O2/c1-14(2)11(17)7-16-12(18)9-6-8(13)4-5-10(9)15(16)3/h4-6H,7H2,1-3H3. The van der Waals surface area contributed by atoms with Crippen LogP contribution in [0.1, 0.15) is 0 Å². The molecule has 1 aromatic carbocycles. The van der Waals surface area contributed by atoms with E-state index in [1.807, 2.05) is 12.1 Å². The molecule has 0 atom stereocenters. The van der Waals surface area contributed by atoms with Crippen LogP contribution in [0.15, 0.2) is 27.5 Å². The van der Waals surface area contributed by atoms with Crippen molar-refractivity contribution in [2.24, 2.45) is 7.05 Å². The molecule has 6 heteroatoms. The molecule has 18 heavy (non-hydrogen) atoms. The molecule has 0 unspecified atom stereocenters. The van der Waals surface area contributed by atoms with E-state index in [1.54, 1.807) is 31.9 Å². The number of nitrogens with zero attached hydrogens (tertiary/aromatic N) is 3. The van der Waals surface area contributed by atoms with Crippen molar-refractivity contribution in [1.82, 2.24) is 14.3 Å². The molecule has 5 nitrogen and oxygen atoms in total. The molecule has 0 saturated heterocycles. The monoisotopic (exact) mass is 311 g/mol. The van der Waals surface area contributed by atoms with Gasteiger partial charge in [-0.25, -0.2) is 4.68 Å². The molecule has 0 saturated carbocycles. The fourth-order valence-electron chi connectivity index (χ4n) is 1.81. The summed E-state index contributed by atoms with van der Waals surface area (Å²) in [6.07, 6.45) is 0. The average Bonchev–Trinajstić information content (AvgIpc) is 2.54. The number of halogens is 1. The highest BCUT2D eigenvalue weighted by molar-refractivity contribution is 9.10. The third-order valence-electron chi connectivity index (χ3n) is 2.92. The van der Waals surface area contributed by atoms with Crippen LogP contribution in [0.3, 0.4) is 0 Å². The molecule has 2 rings (SSSR count). The molecular weight excluding hydrogens is 298 g/mol. The number of amides is 1. The van der Waals surface area contributed by atoms with Crippen molar-refractivity contribution in [3.8, 4) is 0 Å². The highest BCUT2D eigenvalue weighted by atomic mass is 79.9. The number of carbonyl (C=O) groups is 1. The number of rotatable bonds is 2. The van der Waals surface area contributed by atoms with E-state index in [0.29, 0.717) is 5.39 Å². The van der Waals surface area contributed by atoms with Gasteiger partial charge in [-0.15, -0.1) is 0 Å². The number of hydrogen-bond acceptors (Lipinski definition) is 2. The molecule has 0 fully saturated rings. The maximum Gasteiger partial charge on any atom is 0.275 e. The Balaban J connectivity index is 2.59. The van der Waals surface area contributed by atoms with Crippen molar-refractivity contribution in [2.75, 3.05) is 14.1 Å². The molecule has 1 heterocycles. The van der Waals surface area contributed by atoms with Gasteiger partial charge in [0.05, 0.1) is 10.9 Å². The predicted molar refractivity (Wildman–Crippen MR) is 73.6 cm³/mol. The molecule has 1 amide bonds. The zero-order chi connectivity index (χ0) is 13.4. The van der Waals surface area contributed by atoms with E-state index in [4.69, 9.17) is 0 Å². The number of benzene rings is 1. The maximum absolute atomic E-state index is 12.2. The number of carbonyl (C=O) groups excluding carboxylic acids is 1. The van der Waals surface area contributed by atoms with Crippen molar-refractivity contribution < 1.29 is 4.79 Å². The lowest BCUT2D eigenvalue weighted by Crippen LogP contribution is -2.32. The normalized spacial score (nSPS) is 10.9. The number of fused-ring (bicyclic) bond motifs is 1. The van der Waals surface area contributed by atoms with E-state index in [1.165, 1.54) is 9.58 Å². The van der Waals surface area contributed by atoms with E-state index < -0.39 is 0 Å². The molecule has 0 spiro atoms. The van der Waals surface area contributed by atoms with Gasteiger partial charge in [-0.05, 0) is 18.2 Å². The van der Waals surface area contributed by atoms with Crippen LogP contribution in [0.5, 0.6) is 0 Å². The third kappa shape index (κ3) is 2.08. The second-order valence-corrected chi connectivity index (χ2v) is 5.25. The molecule has 0 radical (unpaired) electrons. The van der Waals surface area contributed by atoms with Gasteiger partial charge < -0.3 is 4.90 Å². The number of likely N-dealkylation sites (N-methyl/N-ethyl adjacent to an activating group) is 1. The summed E-state index contributed by atoms with van der Waals surface area (Å²) in [6.45, 7) is 0.0502. The van der Waals surface area contributed by atoms with Gasteiger partial charge >= 0.3 is 0 Å². The van der Waals surface area contributed by atoms with Gasteiger partial charge in [0.15, 0.2) is 0 Å². The molecule has 96 valence electrons. The van der Waals surface area contributed by atoms with Crippen LogP contribution in [0.4, 0.5) is 0 Å². The molecule has 0 N–H and O–H groups in total. The Bertz CT molecular complexity index is 670. The first-order valence-corrected chi connectivity index (χ1v) is 6.26. The van der Waals surface area contributed by atoms with Crippen LogP contribution in [0.2, 0.25) is 0 Å². The lowest BCUT2D eigenvalue weighted by Gasteiger charge is -2.12. The molecule has 0 bridgehead atoms. The smallest absolute Gasteiger partial charge is 0.275 e. The average molecular weight is 312 g/mol. The van der Waals surface area contributed by atoms with Crippen molar-refractivity contribution >= 4 is 32.7 Å². The Morgan fingerprint density at radius 1 is 1.39 bits per heavy atom. The molecule has 0 aliphatic heterocycles. The van der Waals surface area contributed by atoms with E-state index >= 15 is 0 Å². The number of aryl methyl sites for hydroxylation is 1. The first-order chi connectivity index (χ1) is 8.41. The molecular formula is C12H14BrN3O2. The number of hydrogen-bond donors (Lipinski definition) is 0. The second kappa shape index (κ2) is 4.61.